The van der Waals surface area contributed by atoms with Gasteiger partial charge in [-0.1, -0.05) is 36.4 Å². The largest absolute Gasteiger partial charge is 0.481 e. The minimum atomic E-state index is -0.822. The average Bonchev–Trinajstić information content (AvgIpc) is 3.60. The maximum absolute atomic E-state index is 11.9. The number of aryl methyl sites for hydroxylation is 4. The van der Waals surface area contributed by atoms with Crippen LogP contribution in [0.4, 0.5) is 0 Å². The summed E-state index contributed by atoms with van der Waals surface area (Å²) >= 11 is 0. The van der Waals surface area contributed by atoms with Crippen LogP contribution in [0, 0.1) is 13.8 Å². The molecule has 9 nitrogen and oxygen atoms in total. The van der Waals surface area contributed by atoms with E-state index in [2.05, 4.69) is 57.5 Å². The number of carbonyl (C=O) groups is 1. The van der Waals surface area contributed by atoms with Crippen molar-refractivity contribution in [3.63, 3.8) is 0 Å². The van der Waals surface area contributed by atoms with Crippen LogP contribution in [0.1, 0.15) is 77.6 Å². The van der Waals surface area contributed by atoms with Gasteiger partial charge in [0.2, 0.25) is 0 Å². The Bertz CT molecular complexity index is 1410. The molecule has 2 N–H and O–H groups in total. The second-order valence-electron chi connectivity index (χ2n) is 9.82. The molecule has 2 aromatic carbocycles. The van der Waals surface area contributed by atoms with Gasteiger partial charge in [-0.05, 0) is 67.1 Å². The fourth-order valence-corrected chi connectivity index (χ4v) is 5.43. The molecule has 0 aliphatic carbocycles. The summed E-state index contributed by atoms with van der Waals surface area (Å²) in [5.74, 6) is 0.691. The standard InChI is InChI=1S/C27H33N7O2/c1-5-24-28-27(31-29-24)23-7-6-12-34(23)15-19-13-18(9-8-16(19)2)21(14-25(35)36)20-10-11-22-26(17(20)3)30-32-33(22)4/h8-11,13,21,23H,5-7,12,14-15H2,1-4H3,(H,35,36)(H,28,29,31). The number of rotatable bonds is 8. The number of hydrogen-bond acceptors (Lipinski definition) is 6. The molecule has 1 aliphatic rings. The maximum atomic E-state index is 11.9. The topological polar surface area (TPSA) is 113 Å². The Labute approximate surface area is 210 Å². The smallest absolute Gasteiger partial charge is 0.304 e. The molecular weight excluding hydrogens is 454 g/mol. The number of benzene rings is 2. The minimum absolute atomic E-state index is 0.0123. The van der Waals surface area contributed by atoms with Crippen molar-refractivity contribution in [1.82, 2.24) is 35.1 Å². The first-order valence-electron chi connectivity index (χ1n) is 12.6. The molecule has 1 saturated heterocycles. The molecular formula is C27H33N7O2. The van der Waals surface area contributed by atoms with Crippen molar-refractivity contribution < 1.29 is 9.90 Å². The fourth-order valence-electron chi connectivity index (χ4n) is 5.43. The normalized spacial score (nSPS) is 17.2. The predicted molar refractivity (Wildman–Crippen MR) is 137 cm³/mol. The van der Waals surface area contributed by atoms with Crippen LogP contribution in [0.2, 0.25) is 0 Å². The highest BCUT2D eigenvalue weighted by molar-refractivity contribution is 5.80. The summed E-state index contributed by atoms with van der Waals surface area (Å²) in [5.41, 5.74) is 7.12. The van der Waals surface area contributed by atoms with Gasteiger partial charge in [0, 0.05) is 25.9 Å². The van der Waals surface area contributed by atoms with Crippen LogP contribution in [-0.2, 0) is 24.8 Å². The maximum Gasteiger partial charge on any atom is 0.304 e. The molecule has 9 heteroatoms. The molecule has 1 fully saturated rings. The summed E-state index contributed by atoms with van der Waals surface area (Å²) in [4.78, 5) is 19.1. The summed E-state index contributed by atoms with van der Waals surface area (Å²) in [6.45, 7) is 7.97. The van der Waals surface area contributed by atoms with Gasteiger partial charge in [-0.25, -0.2) is 9.67 Å². The summed E-state index contributed by atoms with van der Waals surface area (Å²) < 4.78 is 1.74. The number of carboxylic acids is 1. The summed E-state index contributed by atoms with van der Waals surface area (Å²) in [5, 5.41) is 25.8. The lowest BCUT2D eigenvalue weighted by atomic mass is 9.84. The Morgan fingerprint density at radius 2 is 2.08 bits per heavy atom. The second-order valence-corrected chi connectivity index (χ2v) is 9.82. The van der Waals surface area contributed by atoms with Crippen LogP contribution >= 0.6 is 0 Å². The highest BCUT2D eigenvalue weighted by Crippen LogP contribution is 2.36. The summed E-state index contributed by atoms with van der Waals surface area (Å²) in [6.07, 6.45) is 3.00. The number of nitrogens with one attached hydrogen (secondary N) is 1. The Morgan fingerprint density at radius 3 is 2.83 bits per heavy atom. The second kappa shape index (κ2) is 9.81. The molecule has 1 aliphatic heterocycles. The number of H-pyrrole nitrogens is 1. The number of aliphatic carboxylic acids is 1. The molecule has 0 saturated carbocycles. The third-order valence-corrected chi connectivity index (χ3v) is 7.53. The molecule has 2 unspecified atom stereocenters. The highest BCUT2D eigenvalue weighted by atomic mass is 16.4. The van der Waals surface area contributed by atoms with Gasteiger partial charge in [0.1, 0.15) is 11.3 Å². The van der Waals surface area contributed by atoms with E-state index >= 15 is 0 Å². The number of carboxylic acid groups (broad SMARTS) is 1. The molecule has 2 atom stereocenters. The first kappa shape index (κ1) is 24.1. The van der Waals surface area contributed by atoms with Gasteiger partial charge in [0.15, 0.2) is 5.82 Å². The number of fused-ring (bicyclic) bond motifs is 1. The third-order valence-electron chi connectivity index (χ3n) is 7.53. The van der Waals surface area contributed by atoms with Crippen molar-refractivity contribution in [2.45, 2.75) is 65.0 Å². The zero-order valence-electron chi connectivity index (χ0n) is 21.3. The van der Waals surface area contributed by atoms with Crippen LogP contribution in [-0.4, -0.2) is 52.7 Å². The van der Waals surface area contributed by atoms with Crippen molar-refractivity contribution in [3.05, 3.63) is 69.8 Å². The molecule has 0 spiro atoms. The van der Waals surface area contributed by atoms with E-state index in [0.29, 0.717) is 0 Å². The molecule has 188 valence electrons. The number of hydrogen-bond donors (Lipinski definition) is 2. The quantitative estimate of drug-likeness (QED) is 0.383. The summed E-state index contributed by atoms with van der Waals surface area (Å²) in [6, 6.07) is 10.6. The van der Waals surface area contributed by atoms with Crippen molar-refractivity contribution in [1.29, 1.82) is 0 Å². The highest BCUT2D eigenvalue weighted by Gasteiger charge is 2.30. The van der Waals surface area contributed by atoms with Crippen LogP contribution in [0.3, 0.4) is 0 Å². The van der Waals surface area contributed by atoms with E-state index in [9.17, 15) is 9.90 Å². The average molecular weight is 488 g/mol. The lowest BCUT2D eigenvalue weighted by Crippen LogP contribution is -2.24. The van der Waals surface area contributed by atoms with Gasteiger partial charge < -0.3 is 5.11 Å². The Kier molecular flexibility index (Phi) is 6.57. The number of nitrogens with zero attached hydrogens (tertiary/aromatic N) is 6. The zero-order valence-corrected chi connectivity index (χ0v) is 21.3. The Morgan fingerprint density at radius 1 is 1.25 bits per heavy atom. The van der Waals surface area contributed by atoms with Gasteiger partial charge in [-0.2, -0.15) is 5.10 Å². The Hall–Kier alpha value is -3.59. The fraction of sp³-hybridized carbons (Fsp3) is 0.444. The lowest BCUT2D eigenvalue weighted by molar-refractivity contribution is -0.137. The van der Waals surface area contributed by atoms with Gasteiger partial charge >= 0.3 is 5.97 Å². The van der Waals surface area contributed by atoms with Crippen LogP contribution in [0.5, 0.6) is 0 Å². The number of likely N-dealkylation sites (tertiary alicyclic amines) is 1. The van der Waals surface area contributed by atoms with Gasteiger partial charge in [0.05, 0.1) is 18.0 Å². The molecule has 5 rings (SSSR count). The van der Waals surface area contributed by atoms with E-state index in [1.54, 1.807) is 4.68 Å². The lowest BCUT2D eigenvalue weighted by Gasteiger charge is -2.25. The predicted octanol–water partition coefficient (Wildman–Crippen LogP) is 4.21. The van der Waals surface area contributed by atoms with E-state index in [0.717, 1.165) is 71.7 Å². The van der Waals surface area contributed by atoms with Crippen molar-refractivity contribution in [2.75, 3.05) is 6.54 Å². The van der Waals surface area contributed by atoms with Crippen LogP contribution in [0.25, 0.3) is 11.0 Å². The first-order valence-corrected chi connectivity index (χ1v) is 12.6. The van der Waals surface area contributed by atoms with Gasteiger partial charge in [-0.15, -0.1) is 5.10 Å². The van der Waals surface area contributed by atoms with Crippen molar-refractivity contribution in [3.8, 4) is 0 Å². The monoisotopic (exact) mass is 487 g/mol. The molecule has 3 heterocycles. The summed E-state index contributed by atoms with van der Waals surface area (Å²) in [7, 11) is 1.86. The van der Waals surface area contributed by atoms with Crippen molar-refractivity contribution in [2.24, 2.45) is 7.05 Å². The third kappa shape index (κ3) is 4.51. The minimum Gasteiger partial charge on any atom is -0.481 e. The molecule has 2 aromatic heterocycles. The molecule has 0 amide bonds. The zero-order chi connectivity index (χ0) is 25.4. The van der Waals surface area contributed by atoms with E-state index in [1.165, 1.54) is 11.1 Å². The van der Waals surface area contributed by atoms with Crippen molar-refractivity contribution >= 4 is 17.0 Å². The number of aromatic nitrogens is 6. The number of aromatic amines is 1. The van der Waals surface area contributed by atoms with E-state index in [1.807, 2.05) is 26.1 Å². The van der Waals surface area contributed by atoms with E-state index in [4.69, 9.17) is 4.98 Å². The van der Waals surface area contributed by atoms with E-state index in [-0.39, 0.29) is 18.4 Å². The molecule has 36 heavy (non-hydrogen) atoms. The first-order chi connectivity index (χ1) is 17.4. The van der Waals surface area contributed by atoms with Gasteiger partial charge in [0.25, 0.3) is 0 Å². The van der Waals surface area contributed by atoms with Crippen LogP contribution < -0.4 is 0 Å². The molecule has 0 radical (unpaired) electrons. The van der Waals surface area contributed by atoms with Gasteiger partial charge in [-0.3, -0.25) is 14.8 Å². The Balaban J connectivity index is 1.48. The van der Waals surface area contributed by atoms with Crippen LogP contribution in [0.15, 0.2) is 30.3 Å². The SMILES string of the molecule is CCc1nc(C2CCCN2Cc2cc(C(CC(=O)O)c3ccc4c(nnn4C)c3C)ccc2C)n[nH]1. The molecule has 0 bridgehead atoms. The van der Waals surface area contributed by atoms with E-state index < -0.39 is 5.97 Å². The molecule has 4 aromatic rings.